The zero-order valence-corrected chi connectivity index (χ0v) is 18.1. The molecule has 0 saturated carbocycles. The summed E-state index contributed by atoms with van der Waals surface area (Å²) < 4.78 is 32.7. The van der Waals surface area contributed by atoms with Gasteiger partial charge in [0.2, 0.25) is 5.82 Å². The van der Waals surface area contributed by atoms with Crippen molar-refractivity contribution >= 4 is 38.6 Å². The molecule has 3 aromatic heterocycles. The van der Waals surface area contributed by atoms with E-state index in [1.807, 2.05) is 0 Å². The number of anilines is 1. The molecule has 3 heterocycles. The number of nitrogens with zero attached hydrogens (tertiary/aromatic N) is 5. The standard InChI is InChI=1S/C20H18N6O5S/c1-25-11-21-17(24-25)19(27)23-15-9-8-12-10-16(32(3,29)30)26(18(12)22-15)14-7-5-4-6-13(14)20(28)31-2/h4-11H,1-3H3,(H,22,23,27). The maximum atomic E-state index is 12.5. The van der Waals surface area contributed by atoms with Crippen molar-refractivity contribution in [1.82, 2.24) is 24.3 Å². The Bertz CT molecular complexity index is 1470. The molecule has 4 rings (SSSR count). The van der Waals surface area contributed by atoms with Gasteiger partial charge in [-0.2, -0.15) is 0 Å². The van der Waals surface area contributed by atoms with E-state index in [1.165, 1.54) is 40.9 Å². The van der Waals surface area contributed by atoms with E-state index in [-0.39, 0.29) is 33.6 Å². The number of pyridine rings is 1. The lowest BCUT2D eigenvalue weighted by Gasteiger charge is -2.13. The fourth-order valence-corrected chi connectivity index (χ4v) is 4.05. The summed E-state index contributed by atoms with van der Waals surface area (Å²) in [5.74, 6) is -1.09. The van der Waals surface area contributed by atoms with Crippen LogP contribution in [0, 0.1) is 0 Å². The summed E-state index contributed by atoms with van der Waals surface area (Å²) in [6.45, 7) is 0. The van der Waals surface area contributed by atoms with E-state index in [4.69, 9.17) is 4.74 Å². The van der Waals surface area contributed by atoms with Gasteiger partial charge in [0.05, 0.1) is 18.4 Å². The van der Waals surface area contributed by atoms with E-state index in [2.05, 4.69) is 20.4 Å². The van der Waals surface area contributed by atoms with Gasteiger partial charge in [-0.15, -0.1) is 5.10 Å². The van der Waals surface area contributed by atoms with Gasteiger partial charge in [-0.3, -0.25) is 14.0 Å². The second kappa shape index (κ2) is 7.89. The molecule has 0 fully saturated rings. The van der Waals surface area contributed by atoms with E-state index in [0.717, 1.165) is 6.26 Å². The van der Waals surface area contributed by atoms with Gasteiger partial charge in [0, 0.05) is 18.7 Å². The molecular formula is C20H18N6O5S. The molecule has 1 amide bonds. The lowest BCUT2D eigenvalue weighted by molar-refractivity contribution is 0.0600. The number of carbonyl (C=O) groups is 2. The highest BCUT2D eigenvalue weighted by atomic mass is 32.2. The molecule has 0 radical (unpaired) electrons. The fraction of sp³-hybridized carbons (Fsp3) is 0.150. The number of aromatic nitrogens is 5. The number of para-hydroxylation sites is 1. The highest BCUT2D eigenvalue weighted by molar-refractivity contribution is 7.90. The van der Waals surface area contributed by atoms with E-state index in [0.29, 0.717) is 5.39 Å². The average Bonchev–Trinajstić information content (AvgIpc) is 3.36. The van der Waals surface area contributed by atoms with E-state index < -0.39 is 21.7 Å². The van der Waals surface area contributed by atoms with Crippen molar-refractivity contribution in [3.8, 4) is 5.69 Å². The molecule has 0 aliphatic carbocycles. The molecule has 0 aliphatic rings. The lowest BCUT2D eigenvalue weighted by atomic mass is 10.2. The molecule has 0 aliphatic heterocycles. The molecule has 11 nitrogen and oxygen atoms in total. The van der Waals surface area contributed by atoms with Gasteiger partial charge in [0.1, 0.15) is 22.8 Å². The molecule has 0 saturated heterocycles. The summed E-state index contributed by atoms with van der Waals surface area (Å²) in [6, 6.07) is 11.0. The second-order valence-corrected chi connectivity index (χ2v) is 8.87. The van der Waals surface area contributed by atoms with Crippen molar-refractivity contribution in [3.05, 3.63) is 60.2 Å². The third kappa shape index (κ3) is 3.83. The number of esters is 1. The summed E-state index contributed by atoms with van der Waals surface area (Å²) in [4.78, 5) is 33.1. The number of amides is 1. The number of benzene rings is 1. The largest absolute Gasteiger partial charge is 0.465 e. The smallest absolute Gasteiger partial charge is 0.339 e. The molecule has 0 spiro atoms. The Balaban J connectivity index is 1.90. The first-order chi connectivity index (χ1) is 15.2. The average molecular weight is 454 g/mol. The summed E-state index contributed by atoms with van der Waals surface area (Å²) in [5, 5.41) is 6.97. The summed E-state index contributed by atoms with van der Waals surface area (Å²) >= 11 is 0. The van der Waals surface area contributed by atoms with Crippen LogP contribution in [0.4, 0.5) is 5.82 Å². The quantitative estimate of drug-likeness (QED) is 0.449. The zero-order valence-electron chi connectivity index (χ0n) is 17.3. The van der Waals surface area contributed by atoms with Gasteiger partial charge in [-0.05, 0) is 30.3 Å². The van der Waals surface area contributed by atoms with Crippen LogP contribution in [0.15, 0.2) is 53.8 Å². The van der Waals surface area contributed by atoms with Gasteiger partial charge >= 0.3 is 5.97 Å². The number of sulfone groups is 1. The van der Waals surface area contributed by atoms with Gasteiger partial charge in [-0.25, -0.2) is 23.2 Å². The first-order valence-electron chi connectivity index (χ1n) is 9.26. The van der Waals surface area contributed by atoms with Gasteiger partial charge in [0.25, 0.3) is 5.91 Å². The molecule has 164 valence electrons. The highest BCUT2D eigenvalue weighted by Gasteiger charge is 2.24. The highest BCUT2D eigenvalue weighted by Crippen LogP contribution is 2.29. The van der Waals surface area contributed by atoms with Crippen LogP contribution in [-0.4, -0.2) is 58.0 Å². The van der Waals surface area contributed by atoms with Crippen LogP contribution in [0.5, 0.6) is 0 Å². The molecule has 1 N–H and O–H groups in total. The van der Waals surface area contributed by atoms with Crippen molar-refractivity contribution in [2.24, 2.45) is 7.05 Å². The van der Waals surface area contributed by atoms with Crippen LogP contribution < -0.4 is 5.32 Å². The number of rotatable bonds is 5. The Kier molecular flexibility index (Phi) is 5.22. The molecular weight excluding hydrogens is 436 g/mol. The van der Waals surface area contributed by atoms with Crippen LogP contribution in [0.3, 0.4) is 0 Å². The Labute approximate surface area is 182 Å². The number of carbonyl (C=O) groups excluding carboxylic acids is 2. The van der Waals surface area contributed by atoms with E-state index >= 15 is 0 Å². The number of fused-ring (bicyclic) bond motifs is 1. The molecule has 32 heavy (non-hydrogen) atoms. The summed E-state index contributed by atoms with van der Waals surface area (Å²) in [7, 11) is -0.839. The normalized spacial score (nSPS) is 11.5. The van der Waals surface area contributed by atoms with Crippen molar-refractivity contribution < 1.29 is 22.7 Å². The minimum atomic E-state index is -3.71. The van der Waals surface area contributed by atoms with Crippen LogP contribution >= 0.6 is 0 Å². The fourth-order valence-electron chi connectivity index (χ4n) is 3.19. The third-order valence-electron chi connectivity index (χ3n) is 4.59. The SMILES string of the molecule is COC(=O)c1ccccc1-n1c(S(C)(=O)=O)cc2ccc(NC(=O)c3ncn(C)n3)nc21. The molecule has 0 atom stereocenters. The van der Waals surface area contributed by atoms with Gasteiger partial charge in [0.15, 0.2) is 9.84 Å². The number of hydrogen-bond donors (Lipinski definition) is 1. The van der Waals surface area contributed by atoms with Crippen LogP contribution in [0.25, 0.3) is 16.7 Å². The molecule has 0 unspecified atom stereocenters. The van der Waals surface area contributed by atoms with Crippen LogP contribution in [-0.2, 0) is 21.6 Å². The van der Waals surface area contributed by atoms with Gasteiger partial charge < -0.3 is 10.1 Å². The predicted octanol–water partition coefficient (Wildman–Crippen LogP) is 1.60. The minimum absolute atomic E-state index is 0.0439. The lowest BCUT2D eigenvalue weighted by Crippen LogP contribution is -2.16. The van der Waals surface area contributed by atoms with Crippen LogP contribution in [0.1, 0.15) is 21.0 Å². The van der Waals surface area contributed by atoms with Crippen molar-refractivity contribution in [1.29, 1.82) is 0 Å². The maximum absolute atomic E-state index is 12.5. The molecule has 12 heteroatoms. The Morgan fingerprint density at radius 2 is 1.88 bits per heavy atom. The second-order valence-electron chi connectivity index (χ2n) is 6.90. The van der Waals surface area contributed by atoms with E-state index in [9.17, 15) is 18.0 Å². The maximum Gasteiger partial charge on any atom is 0.339 e. The van der Waals surface area contributed by atoms with E-state index in [1.54, 1.807) is 31.3 Å². The number of methoxy groups -OCH3 is 1. The number of nitrogens with one attached hydrogen (secondary N) is 1. The third-order valence-corrected chi connectivity index (χ3v) is 5.65. The minimum Gasteiger partial charge on any atom is -0.465 e. The number of ether oxygens (including phenoxy) is 1. The zero-order chi connectivity index (χ0) is 23.0. The van der Waals surface area contributed by atoms with Crippen molar-refractivity contribution in [2.75, 3.05) is 18.7 Å². The first kappa shape index (κ1) is 21.2. The number of hydrogen-bond acceptors (Lipinski definition) is 8. The Morgan fingerprint density at radius 1 is 1.12 bits per heavy atom. The summed E-state index contributed by atoms with van der Waals surface area (Å²) in [6.07, 6.45) is 2.45. The van der Waals surface area contributed by atoms with Crippen LogP contribution in [0.2, 0.25) is 0 Å². The first-order valence-corrected chi connectivity index (χ1v) is 11.2. The van der Waals surface area contributed by atoms with Gasteiger partial charge in [-0.1, -0.05) is 12.1 Å². The monoisotopic (exact) mass is 454 g/mol. The molecule has 0 bridgehead atoms. The Hall–Kier alpha value is -4.06. The molecule has 1 aromatic carbocycles. The Morgan fingerprint density at radius 3 is 2.53 bits per heavy atom. The van der Waals surface area contributed by atoms with Crippen molar-refractivity contribution in [2.45, 2.75) is 5.03 Å². The molecule has 4 aromatic rings. The van der Waals surface area contributed by atoms with Crippen molar-refractivity contribution in [3.63, 3.8) is 0 Å². The number of aryl methyl sites for hydroxylation is 1. The predicted molar refractivity (Wildman–Crippen MR) is 114 cm³/mol. The summed E-state index contributed by atoms with van der Waals surface area (Å²) in [5.41, 5.74) is 0.664. The topological polar surface area (TPSA) is 138 Å².